The van der Waals surface area contributed by atoms with E-state index in [-0.39, 0.29) is 12.2 Å². The van der Waals surface area contributed by atoms with Crippen LogP contribution in [0.4, 0.5) is 8.78 Å². The van der Waals surface area contributed by atoms with Crippen LogP contribution in [-0.2, 0) is 6.54 Å². The van der Waals surface area contributed by atoms with E-state index in [1.165, 1.54) is 6.20 Å². The molecule has 1 rings (SSSR count). The van der Waals surface area contributed by atoms with Gasteiger partial charge in [0, 0.05) is 26.3 Å². The quantitative estimate of drug-likeness (QED) is 0.821. The number of nitrogens with zero attached hydrogens (tertiary/aromatic N) is 1. The minimum atomic E-state index is -2.57. The summed E-state index contributed by atoms with van der Waals surface area (Å²) >= 11 is 5.16. The first kappa shape index (κ1) is 11.3. The summed E-state index contributed by atoms with van der Waals surface area (Å²) in [5.74, 6) is 0. The fraction of sp³-hybridized carbons (Fsp3) is 0.286. The van der Waals surface area contributed by atoms with E-state index >= 15 is 0 Å². The Labute approximate surface area is 96.2 Å². The second-order valence-corrected chi connectivity index (χ2v) is 4.22. The molecule has 0 aliphatic rings. The van der Waals surface area contributed by atoms with Gasteiger partial charge in [-0.1, -0.05) is 0 Å². The third-order valence-electron chi connectivity index (χ3n) is 1.51. The van der Waals surface area contributed by atoms with Gasteiger partial charge in [-0.25, -0.2) is 8.78 Å². The van der Waals surface area contributed by atoms with Crippen molar-refractivity contribution in [1.82, 2.24) is 4.98 Å². The van der Waals surface area contributed by atoms with Crippen LogP contribution in [0.1, 0.15) is 17.7 Å². The molecule has 72 valence electrons. The van der Waals surface area contributed by atoms with Crippen LogP contribution in [0.5, 0.6) is 0 Å². The molecule has 2 N–H and O–H groups in total. The number of hydrogen-bond acceptors (Lipinski definition) is 2. The van der Waals surface area contributed by atoms with Crippen LogP contribution in [0.15, 0.2) is 10.7 Å². The van der Waals surface area contributed by atoms with Gasteiger partial charge in [0.1, 0.15) is 5.69 Å². The molecule has 0 bridgehead atoms. The van der Waals surface area contributed by atoms with Crippen LogP contribution in [0.3, 0.4) is 0 Å². The molecule has 0 amide bonds. The second kappa shape index (κ2) is 4.61. The van der Waals surface area contributed by atoms with Gasteiger partial charge in [0.05, 0.1) is 0 Å². The van der Waals surface area contributed by atoms with Crippen molar-refractivity contribution in [1.29, 1.82) is 0 Å². The molecular formula is C7H6BrF2IN2. The first-order valence-electron chi connectivity index (χ1n) is 3.39. The number of nitrogens with two attached hydrogens (primary N) is 1. The molecule has 0 radical (unpaired) electrons. The minimum Gasteiger partial charge on any atom is -0.326 e. The predicted molar refractivity (Wildman–Crippen MR) is 57.5 cm³/mol. The molecule has 0 atom stereocenters. The molecule has 2 nitrogen and oxygen atoms in total. The lowest BCUT2D eigenvalue weighted by atomic mass is 10.2. The number of aromatic nitrogens is 1. The van der Waals surface area contributed by atoms with Gasteiger partial charge in [0.2, 0.25) is 0 Å². The molecule has 0 saturated carbocycles. The van der Waals surface area contributed by atoms with Crippen LogP contribution in [-0.4, -0.2) is 4.98 Å². The van der Waals surface area contributed by atoms with Crippen molar-refractivity contribution in [3.8, 4) is 0 Å². The SMILES string of the molecule is NCc1c(C(F)F)ncc(Br)c1I. The Bertz CT molecular complexity index is 320. The maximum atomic E-state index is 12.4. The van der Waals surface area contributed by atoms with E-state index in [0.717, 1.165) is 0 Å². The van der Waals surface area contributed by atoms with E-state index < -0.39 is 6.43 Å². The fourth-order valence-corrected chi connectivity index (χ4v) is 1.88. The van der Waals surface area contributed by atoms with E-state index in [4.69, 9.17) is 5.73 Å². The summed E-state index contributed by atoms with van der Waals surface area (Å²) < 4.78 is 26.2. The maximum Gasteiger partial charge on any atom is 0.280 e. The first-order chi connectivity index (χ1) is 6.07. The number of halogens is 4. The van der Waals surface area contributed by atoms with Gasteiger partial charge in [0.25, 0.3) is 6.43 Å². The summed E-state index contributed by atoms with van der Waals surface area (Å²) in [6.45, 7) is 0.0738. The van der Waals surface area contributed by atoms with Gasteiger partial charge in [-0.05, 0) is 38.5 Å². The zero-order valence-corrected chi connectivity index (χ0v) is 10.1. The lowest BCUT2D eigenvalue weighted by Crippen LogP contribution is -2.07. The summed E-state index contributed by atoms with van der Waals surface area (Å²) in [6, 6.07) is 0. The highest BCUT2D eigenvalue weighted by Crippen LogP contribution is 2.28. The van der Waals surface area contributed by atoms with Crippen molar-refractivity contribution in [2.45, 2.75) is 13.0 Å². The third kappa shape index (κ3) is 2.35. The number of alkyl halides is 2. The van der Waals surface area contributed by atoms with Crippen LogP contribution in [0.2, 0.25) is 0 Å². The van der Waals surface area contributed by atoms with Crippen LogP contribution < -0.4 is 5.73 Å². The molecule has 0 spiro atoms. The molecule has 13 heavy (non-hydrogen) atoms. The average Bonchev–Trinajstić information content (AvgIpc) is 2.09. The highest BCUT2D eigenvalue weighted by Gasteiger charge is 2.17. The second-order valence-electron chi connectivity index (χ2n) is 2.29. The Hall–Kier alpha value is 0.180. The Morgan fingerprint density at radius 1 is 1.62 bits per heavy atom. The lowest BCUT2D eigenvalue weighted by Gasteiger charge is -2.08. The Balaban J connectivity index is 3.30. The smallest absolute Gasteiger partial charge is 0.280 e. The predicted octanol–water partition coefficient (Wildman–Crippen LogP) is 2.85. The number of pyridine rings is 1. The standard InChI is InChI=1S/C7H6BrF2IN2/c8-4-2-13-6(7(9)10)3(1-12)5(4)11/h2,7H,1,12H2. The molecule has 1 aromatic heterocycles. The van der Waals surface area contributed by atoms with Crippen molar-refractivity contribution in [2.75, 3.05) is 0 Å². The van der Waals surface area contributed by atoms with Gasteiger partial charge in [0.15, 0.2) is 0 Å². The van der Waals surface area contributed by atoms with Crippen molar-refractivity contribution in [3.05, 3.63) is 25.5 Å². The van der Waals surface area contributed by atoms with Crippen molar-refractivity contribution in [2.24, 2.45) is 5.73 Å². The molecule has 0 aliphatic carbocycles. The summed E-state index contributed by atoms with van der Waals surface area (Å²) in [5.41, 5.74) is 5.54. The zero-order chi connectivity index (χ0) is 10.0. The molecule has 0 aromatic carbocycles. The summed E-state index contributed by atoms with van der Waals surface area (Å²) in [5, 5.41) is 0. The van der Waals surface area contributed by atoms with E-state index in [0.29, 0.717) is 13.6 Å². The molecule has 6 heteroatoms. The van der Waals surface area contributed by atoms with E-state index in [2.05, 4.69) is 20.9 Å². The van der Waals surface area contributed by atoms with Gasteiger partial charge >= 0.3 is 0 Å². The van der Waals surface area contributed by atoms with Crippen LogP contribution >= 0.6 is 38.5 Å². The van der Waals surface area contributed by atoms with Gasteiger partial charge in [-0.15, -0.1) is 0 Å². The topological polar surface area (TPSA) is 38.9 Å². The minimum absolute atomic E-state index is 0.0738. The maximum absolute atomic E-state index is 12.4. The molecule has 0 saturated heterocycles. The van der Waals surface area contributed by atoms with Crippen LogP contribution in [0.25, 0.3) is 0 Å². The first-order valence-corrected chi connectivity index (χ1v) is 5.26. The van der Waals surface area contributed by atoms with Crippen molar-refractivity contribution >= 4 is 38.5 Å². The fourth-order valence-electron chi connectivity index (χ4n) is 0.900. The summed E-state index contributed by atoms with van der Waals surface area (Å²) in [6.07, 6.45) is -1.21. The van der Waals surface area contributed by atoms with Gasteiger partial charge < -0.3 is 5.73 Å². The molecule has 1 aromatic rings. The molecule has 0 unspecified atom stereocenters. The lowest BCUT2D eigenvalue weighted by molar-refractivity contribution is 0.144. The monoisotopic (exact) mass is 362 g/mol. The average molecular weight is 363 g/mol. The Morgan fingerprint density at radius 2 is 2.23 bits per heavy atom. The van der Waals surface area contributed by atoms with Gasteiger partial charge in [-0.2, -0.15) is 0 Å². The molecule has 0 aliphatic heterocycles. The molecule has 0 fully saturated rings. The van der Waals surface area contributed by atoms with Crippen molar-refractivity contribution < 1.29 is 8.78 Å². The Morgan fingerprint density at radius 3 is 2.69 bits per heavy atom. The Kier molecular flexibility index (Phi) is 3.99. The summed E-state index contributed by atoms with van der Waals surface area (Å²) in [4.78, 5) is 3.63. The largest absolute Gasteiger partial charge is 0.326 e. The highest BCUT2D eigenvalue weighted by molar-refractivity contribution is 14.1. The van der Waals surface area contributed by atoms with E-state index in [1.807, 2.05) is 22.6 Å². The third-order valence-corrected chi connectivity index (χ3v) is 4.09. The van der Waals surface area contributed by atoms with E-state index in [9.17, 15) is 8.78 Å². The van der Waals surface area contributed by atoms with Gasteiger partial charge in [-0.3, -0.25) is 4.98 Å². The van der Waals surface area contributed by atoms with Crippen LogP contribution in [0, 0.1) is 3.57 Å². The zero-order valence-electron chi connectivity index (χ0n) is 6.40. The number of rotatable bonds is 2. The highest BCUT2D eigenvalue weighted by atomic mass is 127. The van der Waals surface area contributed by atoms with Crippen molar-refractivity contribution in [3.63, 3.8) is 0 Å². The normalized spacial score (nSPS) is 10.9. The molecule has 1 heterocycles. The number of hydrogen-bond donors (Lipinski definition) is 1. The molecular weight excluding hydrogens is 357 g/mol. The van der Waals surface area contributed by atoms with E-state index in [1.54, 1.807) is 0 Å². The summed E-state index contributed by atoms with van der Waals surface area (Å²) in [7, 11) is 0.